The van der Waals surface area contributed by atoms with Gasteiger partial charge in [-0.2, -0.15) is 13.8 Å². The normalized spacial score (nSPS) is 10.6. The fourth-order valence-corrected chi connectivity index (χ4v) is 3.77. The van der Waals surface area contributed by atoms with E-state index in [1.807, 2.05) is 0 Å². The van der Waals surface area contributed by atoms with Gasteiger partial charge in [-0.05, 0) is 59.0 Å². The molecule has 17 heteroatoms. The van der Waals surface area contributed by atoms with E-state index >= 15 is 8.78 Å². The Morgan fingerprint density at radius 1 is 0.909 bits per heavy atom. The van der Waals surface area contributed by atoms with Crippen molar-refractivity contribution in [3.05, 3.63) is 77.9 Å². The maximum absolute atomic E-state index is 15.9. The third-order valence-corrected chi connectivity index (χ3v) is 5.78. The first-order valence-corrected chi connectivity index (χ1v) is 12.4. The van der Waals surface area contributed by atoms with Crippen LogP contribution in [0.5, 0.6) is 46.3 Å². The summed E-state index contributed by atoms with van der Waals surface area (Å²) in [5.41, 5.74) is 11.9. The fraction of sp³-hybridized carbons (Fsp3) is 0.0370. The standard InChI is InChI=1S/C27H22F2N10O5/c1-41-19-10-13(24-36-38-39-37-24)6-8-17(19)43-22-20(28)25(42-15-4-2-3-14(11-15)34-27(32)33)35-26(21(22)29)44-18-9-12(23(30)31)5-7-16(18)40/h2-11,40H,1H3,(H3,30,31)(H4,32,33,34)(H,36,37,38,39). The van der Waals surface area contributed by atoms with Crippen LogP contribution in [0.4, 0.5) is 14.5 Å². The number of guanidine groups is 1. The molecule has 0 saturated carbocycles. The van der Waals surface area contributed by atoms with Crippen molar-refractivity contribution in [1.29, 1.82) is 10.8 Å². The van der Waals surface area contributed by atoms with Crippen LogP contribution < -0.4 is 35.7 Å². The first kappa shape index (κ1) is 29.0. The van der Waals surface area contributed by atoms with Gasteiger partial charge in [0.05, 0.1) is 7.11 Å². The van der Waals surface area contributed by atoms with E-state index in [9.17, 15) is 5.11 Å². The maximum Gasteiger partial charge on any atom is 0.263 e. The molecule has 44 heavy (non-hydrogen) atoms. The molecule has 0 radical (unpaired) electrons. The topological polar surface area (TPSA) is 236 Å². The van der Waals surface area contributed by atoms with Crippen LogP contribution in [0.1, 0.15) is 5.56 Å². The fourth-order valence-electron chi connectivity index (χ4n) is 3.77. The van der Waals surface area contributed by atoms with Crippen molar-refractivity contribution in [3.63, 3.8) is 0 Å². The number of phenols is 1. The van der Waals surface area contributed by atoms with E-state index in [0.717, 1.165) is 0 Å². The molecule has 0 aliphatic rings. The predicted molar refractivity (Wildman–Crippen MR) is 152 cm³/mol. The van der Waals surface area contributed by atoms with Gasteiger partial charge in [0.2, 0.25) is 17.4 Å². The van der Waals surface area contributed by atoms with Crippen molar-refractivity contribution in [2.24, 2.45) is 11.5 Å². The second kappa shape index (κ2) is 12.1. The molecule has 0 spiro atoms. The summed E-state index contributed by atoms with van der Waals surface area (Å²) in [6, 6.07) is 14.0. The van der Waals surface area contributed by atoms with Crippen molar-refractivity contribution in [1.82, 2.24) is 25.6 Å². The van der Waals surface area contributed by atoms with E-state index in [1.165, 1.54) is 61.7 Å². The molecule has 0 saturated heterocycles. The summed E-state index contributed by atoms with van der Waals surface area (Å²) in [6.45, 7) is 0. The zero-order valence-corrected chi connectivity index (χ0v) is 22.6. The van der Waals surface area contributed by atoms with Crippen LogP contribution in [-0.2, 0) is 0 Å². The molecule has 3 aromatic carbocycles. The van der Waals surface area contributed by atoms with Gasteiger partial charge in [-0.15, -0.1) is 5.10 Å². The van der Waals surface area contributed by atoms with E-state index in [1.54, 1.807) is 6.07 Å². The quantitative estimate of drug-likeness (QED) is 0.0876. The molecule has 224 valence electrons. The highest BCUT2D eigenvalue weighted by molar-refractivity contribution is 5.95. The number of hydrogen-bond acceptors (Lipinski definition) is 11. The molecule has 0 amide bonds. The zero-order valence-electron chi connectivity index (χ0n) is 22.6. The summed E-state index contributed by atoms with van der Waals surface area (Å²) in [5, 5.41) is 41.4. The minimum Gasteiger partial charge on any atom is -0.504 e. The molecule has 0 unspecified atom stereocenters. The number of aromatic hydroxyl groups is 1. The highest BCUT2D eigenvalue weighted by Crippen LogP contribution is 2.43. The van der Waals surface area contributed by atoms with Crippen LogP contribution in [0.15, 0.2) is 60.7 Å². The number of rotatable bonds is 10. The maximum atomic E-state index is 15.9. The molecule has 0 bridgehead atoms. The van der Waals surface area contributed by atoms with Crippen LogP contribution >= 0.6 is 0 Å². The third kappa shape index (κ3) is 6.20. The Morgan fingerprint density at radius 2 is 1.68 bits per heavy atom. The highest BCUT2D eigenvalue weighted by Gasteiger charge is 2.27. The highest BCUT2D eigenvalue weighted by atomic mass is 19.1. The first-order chi connectivity index (χ1) is 21.1. The lowest BCUT2D eigenvalue weighted by molar-refractivity contribution is 0.322. The third-order valence-electron chi connectivity index (χ3n) is 5.78. The van der Waals surface area contributed by atoms with Gasteiger partial charge in [-0.1, -0.05) is 6.07 Å². The minimum atomic E-state index is -1.40. The number of hydrogen-bond donors (Lipinski definition) is 7. The summed E-state index contributed by atoms with van der Waals surface area (Å²) in [7, 11) is 1.32. The number of halogens is 2. The van der Waals surface area contributed by atoms with Gasteiger partial charge in [0.25, 0.3) is 11.8 Å². The number of nitrogen functional groups attached to an aromatic ring is 1. The average Bonchev–Trinajstić information content (AvgIpc) is 3.54. The number of aromatic amines is 1. The Morgan fingerprint density at radius 3 is 2.36 bits per heavy atom. The van der Waals surface area contributed by atoms with Crippen molar-refractivity contribution >= 4 is 17.5 Å². The average molecular weight is 605 g/mol. The van der Waals surface area contributed by atoms with Crippen LogP contribution in [0, 0.1) is 22.5 Å². The van der Waals surface area contributed by atoms with Crippen LogP contribution in [0.25, 0.3) is 11.4 Å². The Labute approximate surface area is 246 Å². The lowest BCUT2D eigenvalue weighted by Crippen LogP contribution is -2.20. The number of anilines is 1. The molecule has 0 atom stereocenters. The summed E-state index contributed by atoms with van der Waals surface area (Å²) in [5.74, 6) is -6.60. The Kier molecular flexibility index (Phi) is 8.00. The molecular formula is C27H22F2N10O5. The van der Waals surface area contributed by atoms with Crippen LogP contribution in [0.3, 0.4) is 0 Å². The summed E-state index contributed by atoms with van der Waals surface area (Å²) >= 11 is 0. The molecule has 15 nitrogen and oxygen atoms in total. The zero-order chi connectivity index (χ0) is 31.4. The lowest BCUT2D eigenvalue weighted by Gasteiger charge is -2.17. The largest absolute Gasteiger partial charge is 0.504 e. The van der Waals surface area contributed by atoms with Gasteiger partial charge in [0, 0.05) is 22.9 Å². The Balaban J connectivity index is 1.59. The van der Waals surface area contributed by atoms with Crippen molar-refractivity contribution in [2.45, 2.75) is 0 Å². The number of ether oxygens (including phenoxy) is 4. The number of pyridine rings is 1. The van der Waals surface area contributed by atoms with E-state index in [0.29, 0.717) is 17.1 Å². The second-order valence-corrected chi connectivity index (χ2v) is 8.76. The summed E-state index contributed by atoms with van der Waals surface area (Å²) in [6.07, 6.45) is 0. The van der Waals surface area contributed by atoms with E-state index in [4.69, 9.17) is 41.2 Å². The SMILES string of the molecule is COc1cc(-c2nnn[nH]2)ccc1Oc1c(F)c(Oc2cccc(NC(=N)N)c2)nc(Oc2cc(C(=N)N)ccc2O)c1F. The molecule has 9 N–H and O–H groups in total. The smallest absolute Gasteiger partial charge is 0.263 e. The van der Waals surface area contributed by atoms with Crippen LogP contribution in [-0.4, -0.2) is 49.6 Å². The molecule has 2 aromatic heterocycles. The van der Waals surface area contributed by atoms with Gasteiger partial charge in [-0.25, -0.2) is 5.10 Å². The van der Waals surface area contributed by atoms with Gasteiger partial charge in [0.15, 0.2) is 34.8 Å². The van der Waals surface area contributed by atoms with Crippen molar-refractivity contribution < 1.29 is 32.8 Å². The van der Waals surface area contributed by atoms with Gasteiger partial charge < -0.3 is 40.8 Å². The van der Waals surface area contributed by atoms with E-state index < -0.39 is 34.9 Å². The van der Waals surface area contributed by atoms with Crippen LogP contribution in [0.2, 0.25) is 0 Å². The van der Waals surface area contributed by atoms with Crippen molar-refractivity contribution in [3.8, 4) is 57.6 Å². The summed E-state index contributed by atoms with van der Waals surface area (Å²) in [4.78, 5) is 3.85. The number of benzene rings is 3. The monoisotopic (exact) mass is 604 g/mol. The van der Waals surface area contributed by atoms with E-state index in [-0.39, 0.29) is 40.4 Å². The Bertz CT molecular complexity index is 1870. The lowest BCUT2D eigenvalue weighted by atomic mass is 10.2. The molecule has 2 heterocycles. The number of nitrogens with one attached hydrogen (secondary N) is 4. The molecule has 0 aliphatic carbocycles. The molecule has 0 fully saturated rings. The Hall–Kier alpha value is -6.52. The number of nitrogens with two attached hydrogens (primary N) is 2. The van der Waals surface area contributed by atoms with Gasteiger partial charge in [-0.3, -0.25) is 10.8 Å². The van der Waals surface area contributed by atoms with Crippen molar-refractivity contribution in [2.75, 3.05) is 12.4 Å². The summed E-state index contributed by atoms with van der Waals surface area (Å²) < 4.78 is 53.9. The molecule has 5 aromatic rings. The molecule has 0 aliphatic heterocycles. The number of nitrogens with zero attached hydrogens (tertiary/aromatic N) is 4. The number of phenolic OH excluding ortho intramolecular Hbond substituents is 1. The number of H-pyrrole nitrogens is 1. The van der Waals surface area contributed by atoms with E-state index in [2.05, 4.69) is 30.9 Å². The number of aromatic nitrogens is 5. The minimum absolute atomic E-state index is 0.0233. The van der Waals surface area contributed by atoms with Gasteiger partial charge in [0.1, 0.15) is 11.6 Å². The number of tetrazole rings is 1. The molecule has 5 rings (SSSR count). The number of amidine groups is 1. The first-order valence-electron chi connectivity index (χ1n) is 12.4. The van der Waals surface area contributed by atoms with Gasteiger partial charge >= 0.3 is 0 Å². The number of methoxy groups -OCH3 is 1. The predicted octanol–water partition coefficient (Wildman–Crippen LogP) is 4.22. The molecular weight excluding hydrogens is 582 g/mol. The second-order valence-electron chi connectivity index (χ2n) is 8.76.